The third-order valence-corrected chi connectivity index (χ3v) is 7.55. The Hall–Kier alpha value is -3.00. The van der Waals surface area contributed by atoms with Gasteiger partial charge in [-0.3, -0.25) is 14.6 Å². The van der Waals surface area contributed by atoms with Gasteiger partial charge in [-0.2, -0.15) is 0 Å². The summed E-state index contributed by atoms with van der Waals surface area (Å²) in [5.41, 5.74) is 3.95. The monoisotopic (exact) mass is 491 g/mol. The van der Waals surface area contributed by atoms with Crippen LogP contribution in [0.4, 0.5) is 5.00 Å². The van der Waals surface area contributed by atoms with Crippen molar-refractivity contribution in [2.75, 3.05) is 25.5 Å². The summed E-state index contributed by atoms with van der Waals surface area (Å²) in [7, 11) is 1.93. The van der Waals surface area contributed by atoms with Crippen LogP contribution in [0.1, 0.15) is 45.8 Å². The van der Waals surface area contributed by atoms with E-state index in [4.69, 9.17) is 4.74 Å². The molecule has 0 bridgehead atoms. The van der Waals surface area contributed by atoms with E-state index in [0.717, 1.165) is 42.1 Å². The largest absolute Gasteiger partial charge is 0.462 e. The van der Waals surface area contributed by atoms with Gasteiger partial charge in [0.05, 0.1) is 18.2 Å². The highest BCUT2D eigenvalue weighted by Crippen LogP contribution is 2.38. The maximum atomic E-state index is 13.2. The highest BCUT2D eigenvalue weighted by Gasteiger charge is 2.30. The first-order valence-electron chi connectivity index (χ1n) is 12.1. The maximum absolute atomic E-state index is 13.2. The molecule has 1 aromatic heterocycles. The fourth-order valence-electron chi connectivity index (χ4n) is 4.37. The third-order valence-electron chi connectivity index (χ3n) is 6.42. The van der Waals surface area contributed by atoms with E-state index in [0.29, 0.717) is 23.7 Å². The third kappa shape index (κ3) is 6.17. The number of carbonyl (C=O) groups excluding carboxylic acids is 2. The van der Waals surface area contributed by atoms with Crippen LogP contribution in [0.15, 0.2) is 60.7 Å². The number of thiophene rings is 1. The lowest BCUT2D eigenvalue weighted by atomic mass is 10.0. The molecule has 35 heavy (non-hydrogen) atoms. The number of likely N-dealkylation sites (N-methyl/N-ethyl adjacent to an activating group) is 1. The number of carbonyl (C=O) groups is 2. The minimum Gasteiger partial charge on any atom is -0.462 e. The molecule has 7 heteroatoms. The summed E-state index contributed by atoms with van der Waals surface area (Å²) in [6.45, 7) is 7.11. The predicted molar refractivity (Wildman–Crippen MR) is 141 cm³/mol. The van der Waals surface area contributed by atoms with Crippen molar-refractivity contribution in [2.45, 2.75) is 45.9 Å². The number of ether oxygens (including phenoxy) is 1. The van der Waals surface area contributed by atoms with Gasteiger partial charge in [0.15, 0.2) is 0 Å². The van der Waals surface area contributed by atoms with Crippen LogP contribution in [0.25, 0.3) is 0 Å². The number of benzene rings is 2. The SMILES string of the molecule is CCOC(=O)c1c(NC(=O)[C@@H](C)N(C)Cc2ccccc2)sc2c1CCN(Cc1ccccc1)C2. The van der Waals surface area contributed by atoms with E-state index in [1.807, 2.05) is 43.1 Å². The molecule has 0 saturated carbocycles. The molecule has 0 radical (unpaired) electrons. The summed E-state index contributed by atoms with van der Waals surface area (Å²) < 4.78 is 5.38. The number of fused-ring (bicyclic) bond motifs is 1. The molecule has 2 heterocycles. The van der Waals surface area contributed by atoms with Crippen molar-refractivity contribution < 1.29 is 14.3 Å². The van der Waals surface area contributed by atoms with Gasteiger partial charge in [0.1, 0.15) is 5.00 Å². The summed E-state index contributed by atoms with van der Waals surface area (Å²) >= 11 is 1.50. The molecular weight excluding hydrogens is 458 g/mol. The van der Waals surface area contributed by atoms with Crippen molar-refractivity contribution in [1.29, 1.82) is 0 Å². The lowest BCUT2D eigenvalue weighted by Gasteiger charge is -2.27. The lowest BCUT2D eigenvalue weighted by Crippen LogP contribution is -2.39. The Kier molecular flexibility index (Phi) is 8.33. The normalized spacial score (nSPS) is 14.4. The van der Waals surface area contributed by atoms with E-state index in [9.17, 15) is 9.59 Å². The number of esters is 1. The van der Waals surface area contributed by atoms with Crippen molar-refractivity contribution in [3.05, 3.63) is 87.8 Å². The number of anilines is 1. The molecule has 1 amide bonds. The highest BCUT2D eigenvalue weighted by atomic mass is 32.1. The lowest BCUT2D eigenvalue weighted by molar-refractivity contribution is -0.120. The van der Waals surface area contributed by atoms with Gasteiger partial charge in [-0.1, -0.05) is 60.7 Å². The Morgan fingerprint density at radius 3 is 2.40 bits per heavy atom. The Balaban J connectivity index is 1.50. The van der Waals surface area contributed by atoms with Crippen LogP contribution in [0.2, 0.25) is 0 Å². The summed E-state index contributed by atoms with van der Waals surface area (Å²) in [6, 6.07) is 20.1. The Bertz CT molecular complexity index is 1150. The van der Waals surface area contributed by atoms with Gasteiger partial charge in [-0.15, -0.1) is 11.3 Å². The summed E-state index contributed by atoms with van der Waals surface area (Å²) in [6.07, 6.45) is 0.756. The van der Waals surface area contributed by atoms with Crippen LogP contribution in [0, 0.1) is 0 Å². The second-order valence-corrected chi connectivity index (χ2v) is 10.0. The second-order valence-electron chi connectivity index (χ2n) is 8.94. The number of amides is 1. The molecular formula is C28H33N3O3S. The molecule has 1 atom stereocenters. The zero-order valence-corrected chi connectivity index (χ0v) is 21.4. The van der Waals surface area contributed by atoms with E-state index in [1.165, 1.54) is 16.9 Å². The van der Waals surface area contributed by atoms with Crippen LogP contribution in [0.3, 0.4) is 0 Å². The zero-order valence-electron chi connectivity index (χ0n) is 20.6. The molecule has 6 nitrogen and oxygen atoms in total. The molecule has 0 aliphatic carbocycles. The zero-order chi connectivity index (χ0) is 24.8. The number of rotatable bonds is 9. The van der Waals surface area contributed by atoms with E-state index in [-0.39, 0.29) is 17.9 Å². The summed E-state index contributed by atoms with van der Waals surface area (Å²) in [5.74, 6) is -0.490. The molecule has 184 valence electrons. The molecule has 0 fully saturated rings. The first-order chi connectivity index (χ1) is 17.0. The molecule has 0 unspecified atom stereocenters. The Morgan fingerprint density at radius 1 is 1.09 bits per heavy atom. The minimum atomic E-state index is -0.362. The summed E-state index contributed by atoms with van der Waals surface area (Å²) in [5, 5.41) is 3.65. The van der Waals surface area contributed by atoms with Gasteiger partial charge >= 0.3 is 5.97 Å². The van der Waals surface area contributed by atoms with Crippen LogP contribution >= 0.6 is 11.3 Å². The average molecular weight is 492 g/mol. The van der Waals surface area contributed by atoms with Crippen molar-refractivity contribution >= 4 is 28.2 Å². The topological polar surface area (TPSA) is 61.9 Å². The molecule has 1 aliphatic heterocycles. The maximum Gasteiger partial charge on any atom is 0.341 e. The van der Waals surface area contributed by atoms with Crippen LogP contribution in [-0.4, -0.2) is 47.9 Å². The van der Waals surface area contributed by atoms with Crippen LogP contribution < -0.4 is 5.32 Å². The van der Waals surface area contributed by atoms with Crippen molar-refractivity contribution in [2.24, 2.45) is 0 Å². The molecule has 2 aromatic carbocycles. The molecule has 3 aromatic rings. The van der Waals surface area contributed by atoms with Gasteiger partial charge in [0, 0.05) is 31.1 Å². The van der Waals surface area contributed by atoms with Crippen molar-refractivity contribution in [3.63, 3.8) is 0 Å². The average Bonchev–Trinajstić information content (AvgIpc) is 3.22. The molecule has 4 rings (SSSR count). The predicted octanol–water partition coefficient (Wildman–Crippen LogP) is 4.94. The van der Waals surface area contributed by atoms with Crippen LogP contribution in [-0.2, 0) is 35.6 Å². The number of hydrogen-bond donors (Lipinski definition) is 1. The van der Waals surface area contributed by atoms with Gasteiger partial charge in [-0.25, -0.2) is 4.79 Å². The number of nitrogens with one attached hydrogen (secondary N) is 1. The molecule has 1 aliphatic rings. The number of nitrogens with zero attached hydrogens (tertiary/aromatic N) is 2. The van der Waals surface area contributed by atoms with Gasteiger partial charge in [0.25, 0.3) is 0 Å². The van der Waals surface area contributed by atoms with Crippen LogP contribution in [0.5, 0.6) is 0 Å². The van der Waals surface area contributed by atoms with E-state index >= 15 is 0 Å². The van der Waals surface area contributed by atoms with Gasteiger partial charge in [0.2, 0.25) is 5.91 Å². The molecule has 0 spiro atoms. The standard InChI is InChI=1S/C28H33N3O3S/c1-4-34-28(33)25-23-15-16-31(18-22-13-9-6-10-14-22)19-24(23)35-27(25)29-26(32)20(2)30(3)17-21-11-7-5-8-12-21/h5-14,20H,4,15-19H2,1-3H3,(H,29,32)/t20-/m1/s1. The fraction of sp³-hybridized carbons (Fsp3) is 0.357. The smallest absolute Gasteiger partial charge is 0.341 e. The van der Waals surface area contributed by atoms with E-state index in [1.54, 1.807) is 6.92 Å². The Morgan fingerprint density at radius 2 is 1.74 bits per heavy atom. The summed E-state index contributed by atoms with van der Waals surface area (Å²) in [4.78, 5) is 31.6. The van der Waals surface area contributed by atoms with E-state index < -0.39 is 0 Å². The molecule has 0 saturated heterocycles. The highest BCUT2D eigenvalue weighted by molar-refractivity contribution is 7.17. The number of hydrogen-bond acceptors (Lipinski definition) is 6. The van der Waals surface area contributed by atoms with Gasteiger partial charge in [-0.05, 0) is 44.0 Å². The Labute approximate surface area is 211 Å². The van der Waals surface area contributed by atoms with Gasteiger partial charge < -0.3 is 10.1 Å². The quantitative estimate of drug-likeness (QED) is 0.430. The first-order valence-corrected chi connectivity index (χ1v) is 12.9. The second kappa shape index (κ2) is 11.6. The fourth-order valence-corrected chi connectivity index (χ4v) is 5.65. The molecule has 1 N–H and O–H groups in total. The van der Waals surface area contributed by atoms with Crippen molar-refractivity contribution in [1.82, 2.24) is 9.80 Å². The van der Waals surface area contributed by atoms with E-state index in [2.05, 4.69) is 46.6 Å². The first kappa shape index (κ1) is 25.1. The van der Waals surface area contributed by atoms with Crippen molar-refractivity contribution in [3.8, 4) is 0 Å². The minimum absolute atomic E-state index is 0.131.